The summed E-state index contributed by atoms with van der Waals surface area (Å²) in [6.07, 6.45) is 0. The van der Waals surface area contributed by atoms with Crippen LogP contribution >= 0.6 is 0 Å². The van der Waals surface area contributed by atoms with E-state index in [4.69, 9.17) is 18.9 Å². The van der Waals surface area contributed by atoms with Gasteiger partial charge in [0.2, 0.25) is 5.75 Å². The van der Waals surface area contributed by atoms with Gasteiger partial charge >= 0.3 is 0 Å². The van der Waals surface area contributed by atoms with Gasteiger partial charge in [0.25, 0.3) is 15.9 Å². The van der Waals surface area contributed by atoms with Crippen LogP contribution in [0.25, 0.3) is 0 Å². The van der Waals surface area contributed by atoms with Crippen LogP contribution < -0.4 is 29.0 Å². The summed E-state index contributed by atoms with van der Waals surface area (Å²) in [4.78, 5) is 12.9. The highest BCUT2D eigenvalue weighted by Crippen LogP contribution is 2.40. The van der Waals surface area contributed by atoms with Gasteiger partial charge in [0.1, 0.15) is 5.75 Å². The predicted octanol–water partition coefficient (Wildman–Crippen LogP) is 4.08. The summed E-state index contributed by atoms with van der Waals surface area (Å²) >= 11 is 0. The molecule has 0 saturated heterocycles. The van der Waals surface area contributed by atoms with Crippen LogP contribution in [0.2, 0.25) is 0 Å². The molecule has 0 spiro atoms. The van der Waals surface area contributed by atoms with Crippen molar-refractivity contribution in [1.29, 1.82) is 0 Å². The monoisotopic (exact) mass is 486 g/mol. The normalized spacial score (nSPS) is 10.9. The van der Waals surface area contributed by atoms with Gasteiger partial charge < -0.3 is 24.3 Å². The van der Waals surface area contributed by atoms with Crippen molar-refractivity contribution in [2.45, 2.75) is 11.8 Å². The number of sulfonamides is 1. The highest BCUT2D eigenvalue weighted by Gasteiger charge is 2.20. The SMILES string of the molecule is COc1ccc(NS(=O)(=O)c2cc(C(=O)Nc3cc(OC)c(OC)c(OC)c3)ccc2C)cc1. The first-order valence-electron chi connectivity index (χ1n) is 10.1. The van der Waals surface area contributed by atoms with Crippen LogP contribution in [0, 0.1) is 6.92 Å². The Labute approximate surface area is 198 Å². The molecule has 0 heterocycles. The molecule has 1 amide bonds. The Balaban J connectivity index is 1.88. The number of nitrogens with one attached hydrogen (secondary N) is 2. The number of methoxy groups -OCH3 is 4. The lowest BCUT2D eigenvalue weighted by atomic mass is 10.1. The van der Waals surface area contributed by atoms with Gasteiger partial charge in [-0.25, -0.2) is 8.42 Å². The Morgan fingerprint density at radius 1 is 0.765 bits per heavy atom. The van der Waals surface area contributed by atoms with E-state index < -0.39 is 15.9 Å². The van der Waals surface area contributed by atoms with Gasteiger partial charge in [-0.15, -0.1) is 0 Å². The van der Waals surface area contributed by atoms with E-state index in [0.29, 0.717) is 39.9 Å². The molecule has 0 unspecified atom stereocenters. The molecule has 10 heteroatoms. The van der Waals surface area contributed by atoms with Crippen molar-refractivity contribution < 1.29 is 32.2 Å². The smallest absolute Gasteiger partial charge is 0.262 e. The average Bonchev–Trinajstić information content (AvgIpc) is 2.83. The predicted molar refractivity (Wildman–Crippen MR) is 129 cm³/mol. The third-order valence-electron chi connectivity index (χ3n) is 5.00. The fraction of sp³-hybridized carbons (Fsp3) is 0.208. The molecule has 0 aromatic heterocycles. The molecule has 3 rings (SSSR count). The van der Waals surface area contributed by atoms with Gasteiger partial charge in [-0.3, -0.25) is 9.52 Å². The summed E-state index contributed by atoms with van der Waals surface area (Å²) in [5, 5.41) is 2.74. The molecule has 34 heavy (non-hydrogen) atoms. The second kappa shape index (κ2) is 10.3. The minimum absolute atomic E-state index is 0.0131. The summed E-state index contributed by atoms with van der Waals surface area (Å²) in [6, 6.07) is 14.1. The Morgan fingerprint density at radius 2 is 1.38 bits per heavy atom. The minimum atomic E-state index is -3.95. The fourth-order valence-corrected chi connectivity index (χ4v) is 4.59. The maximum Gasteiger partial charge on any atom is 0.262 e. The first-order valence-corrected chi connectivity index (χ1v) is 11.6. The average molecular weight is 487 g/mol. The zero-order valence-corrected chi connectivity index (χ0v) is 20.3. The molecule has 0 fully saturated rings. The summed E-state index contributed by atoms with van der Waals surface area (Å²) in [7, 11) is 1.99. The molecule has 0 aliphatic carbocycles. The van der Waals surface area contributed by atoms with Gasteiger partial charge in [-0.05, 0) is 48.9 Å². The number of aryl methyl sites for hydroxylation is 1. The van der Waals surface area contributed by atoms with Crippen LogP contribution in [0.1, 0.15) is 15.9 Å². The highest BCUT2D eigenvalue weighted by atomic mass is 32.2. The van der Waals surface area contributed by atoms with Crippen LogP contribution in [-0.2, 0) is 10.0 Å². The lowest BCUT2D eigenvalue weighted by Crippen LogP contribution is -2.17. The van der Waals surface area contributed by atoms with Crippen molar-refractivity contribution in [3.05, 3.63) is 65.7 Å². The number of anilines is 2. The second-order valence-corrected chi connectivity index (χ2v) is 8.83. The summed E-state index contributed by atoms with van der Waals surface area (Å²) in [6.45, 7) is 1.66. The minimum Gasteiger partial charge on any atom is -0.497 e. The Morgan fingerprint density at radius 3 is 1.91 bits per heavy atom. The molecule has 3 aromatic rings. The molecular formula is C24H26N2O7S. The van der Waals surface area contributed by atoms with Crippen molar-refractivity contribution in [3.63, 3.8) is 0 Å². The zero-order chi connectivity index (χ0) is 24.9. The van der Waals surface area contributed by atoms with Crippen molar-refractivity contribution in [2.24, 2.45) is 0 Å². The van der Waals surface area contributed by atoms with Crippen LogP contribution in [0.15, 0.2) is 59.5 Å². The van der Waals surface area contributed by atoms with Crippen LogP contribution in [0.4, 0.5) is 11.4 Å². The van der Waals surface area contributed by atoms with Crippen molar-refractivity contribution >= 4 is 27.3 Å². The van der Waals surface area contributed by atoms with E-state index in [1.807, 2.05) is 0 Å². The van der Waals surface area contributed by atoms with E-state index in [-0.39, 0.29) is 10.5 Å². The van der Waals surface area contributed by atoms with E-state index in [9.17, 15) is 13.2 Å². The van der Waals surface area contributed by atoms with Gasteiger partial charge in [0.15, 0.2) is 11.5 Å². The lowest BCUT2D eigenvalue weighted by molar-refractivity contribution is 0.102. The molecule has 0 bridgehead atoms. The van der Waals surface area contributed by atoms with Gasteiger partial charge in [0, 0.05) is 29.1 Å². The number of amides is 1. The quantitative estimate of drug-likeness (QED) is 0.469. The zero-order valence-electron chi connectivity index (χ0n) is 19.5. The number of benzene rings is 3. The lowest BCUT2D eigenvalue weighted by Gasteiger charge is -2.15. The Hall–Kier alpha value is -3.92. The Bertz CT molecular complexity index is 1260. The maximum absolute atomic E-state index is 13.0. The van der Waals surface area contributed by atoms with E-state index in [1.54, 1.807) is 55.5 Å². The number of hydrogen-bond acceptors (Lipinski definition) is 7. The first-order chi connectivity index (χ1) is 16.2. The molecule has 0 atom stereocenters. The number of carbonyl (C=O) groups excluding carboxylic acids is 1. The van der Waals surface area contributed by atoms with Crippen molar-refractivity contribution in [3.8, 4) is 23.0 Å². The number of rotatable bonds is 9. The van der Waals surface area contributed by atoms with E-state index in [1.165, 1.54) is 34.5 Å². The van der Waals surface area contributed by atoms with E-state index in [0.717, 1.165) is 0 Å². The highest BCUT2D eigenvalue weighted by molar-refractivity contribution is 7.92. The molecule has 0 radical (unpaired) electrons. The van der Waals surface area contributed by atoms with Crippen LogP contribution in [0.3, 0.4) is 0 Å². The van der Waals surface area contributed by atoms with E-state index >= 15 is 0 Å². The first kappa shape index (κ1) is 24.7. The number of carbonyl (C=O) groups is 1. The third kappa shape index (κ3) is 5.34. The molecule has 180 valence electrons. The van der Waals surface area contributed by atoms with Gasteiger partial charge in [-0.1, -0.05) is 6.07 Å². The molecule has 0 aliphatic rings. The topological polar surface area (TPSA) is 112 Å². The van der Waals surface area contributed by atoms with Crippen LogP contribution in [-0.4, -0.2) is 42.8 Å². The third-order valence-corrected chi connectivity index (χ3v) is 6.53. The standard InChI is InChI=1S/C24H26N2O7S/c1-15-6-7-16(12-22(15)34(28,29)26-17-8-10-19(30-2)11-9-17)24(27)25-18-13-20(31-3)23(33-5)21(14-18)32-4/h6-14,26H,1-5H3,(H,25,27). The van der Waals surface area contributed by atoms with E-state index in [2.05, 4.69) is 10.0 Å². The molecule has 3 aromatic carbocycles. The Kier molecular flexibility index (Phi) is 7.52. The number of ether oxygens (including phenoxy) is 4. The molecule has 2 N–H and O–H groups in total. The van der Waals surface area contributed by atoms with Crippen LogP contribution in [0.5, 0.6) is 23.0 Å². The molecule has 0 aliphatic heterocycles. The molecular weight excluding hydrogens is 460 g/mol. The summed E-state index contributed by atoms with van der Waals surface area (Å²) in [5.74, 6) is 1.22. The summed E-state index contributed by atoms with van der Waals surface area (Å²) in [5.41, 5.74) is 1.41. The largest absolute Gasteiger partial charge is 0.497 e. The molecule has 0 saturated carbocycles. The summed E-state index contributed by atoms with van der Waals surface area (Å²) < 4.78 is 49.6. The van der Waals surface area contributed by atoms with Gasteiger partial charge in [-0.2, -0.15) is 0 Å². The second-order valence-electron chi connectivity index (χ2n) is 7.18. The van der Waals surface area contributed by atoms with Crippen molar-refractivity contribution in [2.75, 3.05) is 38.5 Å². The number of hydrogen-bond donors (Lipinski definition) is 2. The molecule has 9 nitrogen and oxygen atoms in total. The van der Waals surface area contributed by atoms with Crippen molar-refractivity contribution in [1.82, 2.24) is 0 Å². The van der Waals surface area contributed by atoms with Gasteiger partial charge in [0.05, 0.1) is 33.3 Å². The fourth-order valence-electron chi connectivity index (χ4n) is 3.26. The maximum atomic E-state index is 13.0.